The minimum atomic E-state index is -0.223. The molecule has 0 aliphatic heterocycles. The minimum Gasteiger partial charge on any atom is -0.497 e. The van der Waals surface area contributed by atoms with Crippen molar-refractivity contribution in [2.45, 2.75) is 13.8 Å². The molecule has 0 unspecified atom stereocenters. The molecule has 1 N–H and O–H groups in total. The van der Waals surface area contributed by atoms with Crippen LogP contribution < -0.4 is 14.8 Å². The van der Waals surface area contributed by atoms with Gasteiger partial charge in [0, 0.05) is 23.0 Å². The van der Waals surface area contributed by atoms with E-state index in [-0.39, 0.29) is 5.91 Å². The van der Waals surface area contributed by atoms with Crippen LogP contribution >= 0.6 is 0 Å². The summed E-state index contributed by atoms with van der Waals surface area (Å²) in [6.45, 7) is 3.92. The lowest BCUT2D eigenvalue weighted by Gasteiger charge is -2.09. The van der Waals surface area contributed by atoms with Gasteiger partial charge < -0.3 is 14.8 Å². The standard InChI is InChI=1S/C23H21N5O3/c1-15-16(2)28(14-24-15)21-11-12-22(27-26-21)31-19-9-7-18(8-10-19)25-23(29)17-5-4-6-20(13-17)30-3/h4-14H,1-3H3,(H,25,29). The molecule has 0 saturated carbocycles. The van der Waals surface area contributed by atoms with Gasteiger partial charge in [-0.2, -0.15) is 0 Å². The maximum absolute atomic E-state index is 12.4. The van der Waals surface area contributed by atoms with Crippen LogP contribution in [0.2, 0.25) is 0 Å². The van der Waals surface area contributed by atoms with Gasteiger partial charge in [0.15, 0.2) is 5.82 Å². The summed E-state index contributed by atoms with van der Waals surface area (Å²) in [4.78, 5) is 16.7. The second-order valence-corrected chi connectivity index (χ2v) is 6.83. The predicted octanol–water partition coefficient (Wildman–Crippen LogP) is 4.33. The molecule has 0 fully saturated rings. The van der Waals surface area contributed by atoms with Gasteiger partial charge in [-0.25, -0.2) is 4.98 Å². The quantitative estimate of drug-likeness (QED) is 0.504. The van der Waals surface area contributed by atoms with E-state index in [0.717, 1.165) is 11.4 Å². The van der Waals surface area contributed by atoms with Crippen LogP contribution in [0.1, 0.15) is 21.7 Å². The Balaban J connectivity index is 1.40. The van der Waals surface area contributed by atoms with Gasteiger partial charge in [0.2, 0.25) is 5.88 Å². The highest BCUT2D eigenvalue weighted by Crippen LogP contribution is 2.22. The third-order valence-electron chi connectivity index (χ3n) is 4.79. The molecule has 8 nitrogen and oxygen atoms in total. The van der Waals surface area contributed by atoms with Gasteiger partial charge in [0.05, 0.1) is 12.8 Å². The van der Waals surface area contributed by atoms with Gasteiger partial charge in [0.1, 0.15) is 17.8 Å². The maximum Gasteiger partial charge on any atom is 0.255 e. The number of methoxy groups -OCH3 is 1. The van der Waals surface area contributed by atoms with Crippen molar-refractivity contribution in [1.82, 2.24) is 19.7 Å². The molecule has 8 heteroatoms. The summed E-state index contributed by atoms with van der Waals surface area (Å²) in [5.74, 6) is 2.02. The van der Waals surface area contributed by atoms with Crippen molar-refractivity contribution >= 4 is 11.6 Å². The number of rotatable bonds is 6. The SMILES string of the molecule is COc1cccc(C(=O)Nc2ccc(Oc3ccc(-n4cnc(C)c4C)nn3)cc2)c1. The summed E-state index contributed by atoms with van der Waals surface area (Å²) >= 11 is 0. The van der Waals surface area contributed by atoms with E-state index in [2.05, 4.69) is 20.5 Å². The average Bonchev–Trinajstić information content (AvgIpc) is 3.14. The fourth-order valence-electron chi connectivity index (χ4n) is 2.92. The summed E-state index contributed by atoms with van der Waals surface area (Å²) in [6.07, 6.45) is 1.72. The number of aryl methyl sites for hydroxylation is 1. The molecule has 4 rings (SSSR count). The van der Waals surface area contributed by atoms with Crippen molar-refractivity contribution in [2.24, 2.45) is 0 Å². The van der Waals surface area contributed by atoms with Crippen LogP contribution in [0, 0.1) is 13.8 Å². The van der Waals surface area contributed by atoms with Gasteiger partial charge in [-0.3, -0.25) is 9.36 Å². The van der Waals surface area contributed by atoms with Gasteiger partial charge >= 0.3 is 0 Å². The highest BCUT2D eigenvalue weighted by atomic mass is 16.5. The molecule has 156 valence electrons. The van der Waals surface area contributed by atoms with Crippen molar-refractivity contribution in [3.63, 3.8) is 0 Å². The molecule has 2 heterocycles. The number of nitrogens with zero attached hydrogens (tertiary/aromatic N) is 4. The number of aromatic nitrogens is 4. The molecule has 0 atom stereocenters. The van der Waals surface area contributed by atoms with Gasteiger partial charge in [0.25, 0.3) is 5.91 Å². The molecule has 1 amide bonds. The lowest BCUT2D eigenvalue weighted by Crippen LogP contribution is -2.11. The summed E-state index contributed by atoms with van der Waals surface area (Å²) < 4.78 is 12.8. The zero-order chi connectivity index (χ0) is 21.8. The molecule has 0 bridgehead atoms. The highest BCUT2D eigenvalue weighted by Gasteiger charge is 2.09. The summed E-state index contributed by atoms with van der Waals surface area (Å²) in [5, 5.41) is 11.2. The number of nitrogens with one attached hydrogen (secondary N) is 1. The van der Waals surface area contributed by atoms with Crippen LogP contribution in [0.5, 0.6) is 17.4 Å². The lowest BCUT2D eigenvalue weighted by molar-refractivity contribution is 0.102. The Morgan fingerprint density at radius 1 is 0.968 bits per heavy atom. The second kappa shape index (κ2) is 8.66. The lowest BCUT2D eigenvalue weighted by atomic mass is 10.2. The Hall–Kier alpha value is -4.20. The first-order valence-electron chi connectivity index (χ1n) is 9.61. The fraction of sp³-hybridized carbons (Fsp3) is 0.130. The molecule has 2 aromatic heterocycles. The van der Waals surface area contributed by atoms with E-state index in [1.54, 1.807) is 68.0 Å². The second-order valence-electron chi connectivity index (χ2n) is 6.83. The fourth-order valence-corrected chi connectivity index (χ4v) is 2.92. The van der Waals surface area contributed by atoms with Crippen LogP contribution in [0.25, 0.3) is 5.82 Å². The Morgan fingerprint density at radius 2 is 1.77 bits per heavy atom. The average molecular weight is 415 g/mol. The highest BCUT2D eigenvalue weighted by molar-refractivity contribution is 6.04. The van der Waals surface area contributed by atoms with Crippen molar-refractivity contribution in [3.05, 3.63) is 83.9 Å². The van der Waals surface area contributed by atoms with E-state index in [9.17, 15) is 4.79 Å². The number of carbonyl (C=O) groups excluding carboxylic acids is 1. The third kappa shape index (κ3) is 4.53. The van der Waals surface area contributed by atoms with E-state index in [4.69, 9.17) is 9.47 Å². The number of anilines is 1. The summed E-state index contributed by atoms with van der Waals surface area (Å²) in [6, 6.07) is 17.5. The smallest absolute Gasteiger partial charge is 0.255 e. The molecular formula is C23H21N5O3. The number of imidazole rings is 1. The molecular weight excluding hydrogens is 394 g/mol. The Morgan fingerprint density at radius 3 is 2.42 bits per heavy atom. The normalized spacial score (nSPS) is 10.5. The summed E-state index contributed by atoms with van der Waals surface area (Å²) in [7, 11) is 1.56. The van der Waals surface area contributed by atoms with Crippen LogP contribution in [-0.2, 0) is 0 Å². The van der Waals surface area contributed by atoms with Crippen molar-refractivity contribution < 1.29 is 14.3 Å². The largest absolute Gasteiger partial charge is 0.497 e. The molecule has 0 aliphatic carbocycles. The van der Waals surface area contributed by atoms with Crippen LogP contribution in [0.4, 0.5) is 5.69 Å². The van der Waals surface area contributed by atoms with E-state index in [1.807, 2.05) is 24.5 Å². The van der Waals surface area contributed by atoms with Gasteiger partial charge in [-0.15, -0.1) is 10.2 Å². The van der Waals surface area contributed by atoms with E-state index in [0.29, 0.717) is 34.4 Å². The van der Waals surface area contributed by atoms with Crippen LogP contribution in [0.3, 0.4) is 0 Å². The van der Waals surface area contributed by atoms with E-state index >= 15 is 0 Å². The molecule has 4 aromatic rings. The van der Waals surface area contributed by atoms with Crippen molar-refractivity contribution in [2.75, 3.05) is 12.4 Å². The molecule has 0 saturated heterocycles. The first kappa shape index (κ1) is 20.1. The molecule has 0 aliphatic rings. The van der Waals surface area contributed by atoms with Crippen molar-refractivity contribution in [1.29, 1.82) is 0 Å². The topological polar surface area (TPSA) is 91.2 Å². The molecule has 0 radical (unpaired) electrons. The van der Waals surface area contributed by atoms with Crippen LogP contribution in [0.15, 0.2) is 67.0 Å². The number of amides is 1. The Kier molecular flexibility index (Phi) is 5.61. The molecule has 2 aromatic carbocycles. The Labute approximate surface area is 179 Å². The number of hydrogen-bond donors (Lipinski definition) is 1. The van der Waals surface area contributed by atoms with Crippen LogP contribution in [-0.4, -0.2) is 32.8 Å². The van der Waals surface area contributed by atoms with Gasteiger partial charge in [-0.1, -0.05) is 6.07 Å². The van der Waals surface area contributed by atoms with Gasteiger partial charge in [-0.05, 0) is 62.4 Å². The molecule has 0 spiro atoms. The first-order valence-corrected chi connectivity index (χ1v) is 9.61. The number of carbonyl (C=O) groups is 1. The minimum absolute atomic E-state index is 0.223. The van der Waals surface area contributed by atoms with E-state index in [1.165, 1.54) is 0 Å². The van der Waals surface area contributed by atoms with E-state index < -0.39 is 0 Å². The number of benzene rings is 2. The maximum atomic E-state index is 12.4. The summed E-state index contributed by atoms with van der Waals surface area (Å²) in [5.41, 5.74) is 3.11. The zero-order valence-electron chi connectivity index (χ0n) is 17.4. The Bertz CT molecular complexity index is 1200. The molecule has 31 heavy (non-hydrogen) atoms. The number of ether oxygens (including phenoxy) is 2. The number of hydrogen-bond acceptors (Lipinski definition) is 6. The monoisotopic (exact) mass is 415 g/mol. The third-order valence-corrected chi connectivity index (χ3v) is 4.79. The first-order chi connectivity index (χ1) is 15.0. The predicted molar refractivity (Wildman–Crippen MR) is 116 cm³/mol. The zero-order valence-corrected chi connectivity index (χ0v) is 17.4. The van der Waals surface area contributed by atoms with Crippen molar-refractivity contribution in [3.8, 4) is 23.2 Å².